The molecule has 358 valence electrons. The maximum atomic E-state index is 7.37. The summed E-state index contributed by atoms with van der Waals surface area (Å²) in [6, 6.07) is 58.0. The Labute approximate surface area is 418 Å². The van der Waals surface area contributed by atoms with Crippen molar-refractivity contribution < 1.29 is 35.3 Å². The lowest BCUT2D eigenvalue weighted by Gasteiger charge is -2.28. The minimum atomic E-state index is -2.16. The van der Waals surface area contributed by atoms with E-state index in [4.69, 9.17) is 35.3 Å². The summed E-state index contributed by atoms with van der Waals surface area (Å²) in [6.45, 7) is 13.0. The summed E-state index contributed by atoms with van der Waals surface area (Å²) in [4.78, 5) is 0. The van der Waals surface area contributed by atoms with Crippen LogP contribution in [0.2, 0.25) is 0 Å². The van der Waals surface area contributed by atoms with Gasteiger partial charge in [0.15, 0.2) is 0 Å². The summed E-state index contributed by atoms with van der Waals surface area (Å²) in [6.07, 6.45) is 0. The fraction of sp³-hybridized carbons (Fsp3) is 0.161. The van der Waals surface area contributed by atoms with Gasteiger partial charge in [-0.25, -0.2) is 0 Å². The molecule has 0 amide bonds. The average molecular weight is 987 g/mol. The fourth-order valence-corrected chi connectivity index (χ4v) is 12.2. The molecule has 0 aliphatic carbocycles. The first-order chi connectivity index (χ1) is 34.8. The smallest absolute Gasteiger partial charge is 0.453 e. The van der Waals surface area contributed by atoms with Crippen LogP contribution >= 0.6 is 16.5 Å². The van der Waals surface area contributed by atoms with Gasteiger partial charge in [-0.2, -0.15) is 0 Å². The summed E-state index contributed by atoms with van der Waals surface area (Å²) in [5.74, 6) is 2.35. The van der Waals surface area contributed by atoms with Crippen molar-refractivity contribution in [2.24, 2.45) is 0 Å². The molecule has 0 atom stereocenters. The van der Waals surface area contributed by atoms with Gasteiger partial charge in [0.2, 0.25) is 0 Å². The Bertz CT molecular complexity index is 3760. The van der Waals surface area contributed by atoms with Gasteiger partial charge in [-0.15, -0.1) is 0 Å². The summed E-state index contributed by atoms with van der Waals surface area (Å²) in [5, 5.41) is 12.4. The Balaban J connectivity index is 1.15. The molecule has 8 nitrogen and oxygen atoms in total. The third kappa shape index (κ3) is 7.87. The van der Waals surface area contributed by atoms with E-state index in [9.17, 15) is 0 Å². The van der Waals surface area contributed by atoms with E-state index < -0.39 is 27.3 Å². The molecule has 0 N–H and O–H groups in total. The molecule has 0 saturated carbocycles. The Morgan fingerprint density at radius 2 is 0.625 bits per heavy atom. The van der Waals surface area contributed by atoms with Gasteiger partial charge < -0.3 is 35.3 Å². The van der Waals surface area contributed by atoms with Crippen LogP contribution in [-0.2, 0) is 10.8 Å². The van der Waals surface area contributed by atoms with E-state index in [-0.39, 0.29) is 0 Å². The van der Waals surface area contributed by atoms with Crippen molar-refractivity contribution in [2.75, 3.05) is 14.2 Å². The summed E-state index contributed by atoms with van der Waals surface area (Å²) < 4.78 is 55.1. The number of hydrogen-bond acceptors (Lipinski definition) is 8. The zero-order chi connectivity index (χ0) is 49.5. The Hall–Kier alpha value is -7.76. The predicted molar refractivity (Wildman–Crippen MR) is 297 cm³/mol. The van der Waals surface area contributed by atoms with Crippen LogP contribution in [-0.4, -0.2) is 14.2 Å². The molecule has 0 spiro atoms. The van der Waals surface area contributed by atoms with E-state index in [1.807, 2.05) is 48.5 Å². The highest BCUT2D eigenvalue weighted by atomic mass is 31.1. The molecule has 2 heterocycles. The van der Waals surface area contributed by atoms with Crippen molar-refractivity contribution in [1.82, 2.24) is 0 Å². The van der Waals surface area contributed by atoms with Crippen LogP contribution in [0, 0.1) is 0 Å². The SMILES string of the molecule is COc1cc(-c2cc(OC)cc(C(C)(C)C)c2Op2oc3ccc4ccccc4c3c3c(ccc4ccccc43)o2)c(Op2oc3ccc4ccccc4c3c3c(ccc4ccccc43)o2)c(C(C)(C)C)c1. The molecular formula is C62H52O8P2. The molecule has 10 aromatic carbocycles. The standard InChI is InChI=1S/C62H52O8P2/c1-61(2,3)49-35-41(63-7)33-47(59(49)69-71-65-51-29-25-37-17-9-13-21-43(37)55(51)56-44-22-14-10-18-38(44)26-30-52(56)66-71)48-34-42(64-8)36-50(62(4,5)6)60(48)70-72-67-53-31-27-39-19-11-15-23-45(39)57(53)58-46-24-16-12-20-40(46)28-32-54(58)68-72/h9-36H,1-8H3. The van der Waals surface area contributed by atoms with Crippen LogP contribution in [0.5, 0.6) is 23.0 Å². The zero-order valence-corrected chi connectivity index (χ0v) is 43.1. The topological polar surface area (TPSA) is 89.5 Å². The van der Waals surface area contributed by atoms with Crippen molar-refractivity contribution in [1.29, 1.82) is 0 Å². The second-order valence-corrected chi connectivity index (χ2v) is 22.2. The van der Waals surface area contributed by atoms with Crippen molar-refractivity contribution in [3.8, 4) is 34.1 Å². The molecule has 10 heteroatoms. The molecule has 12 aromatic rings. The van der Waals surface area contributed by atoms with E-state index in [0.29, 0.717) is 56.5 Å². The monoisotopic (exact) mass is 986 g/mol. The molecule has 72 heavy (non-hydrogen) atoms. The van der Waals surface area contributed by atoms with E-state index in [1.54, 1.807) is 14.2 Å². The van der Waals surface area contributed by atoms with Crippen LogP contribution in [0.25, 0.3) is 98.1 Å². The van der Waals surface area contributed by atoms with Crippen molar-refractivity contribution >= 4 is 103 Å². The van der Waals surface area contributed by atoms with Crippen LogP contribution in [0.1, 0.15) is 52.7 Å². The largest absolute Gasteiger partial charge is 0.497 e. The minimum absolute atomic E-state index is 0.467. The van der Waals surface area contributed by atoms with Crippen molar-refractivity contribution in [2.45, 2.75) is 52.4 Å². The summed E-state index contributed by atoms with van der Waals surface area (Å²) >= 11 is 0. The molecule has 0 aliphatic heterocycles. The van der Waals surface area contributed by atoms with Gasteiger partial charge >= 0.3 is 16.5 Å². The van der Waals surface area contributed by atoms with Crippen LogP contribution in [0.4, 0.5) is 0 Å². The first kappa shape index (κ1) is 45.4. The maximum absolute atomic E-state index is 7.37. The molecule has 2 aromatic heterocycles. The molecule has 0 fully saturated rings. The molecule has 0 aliphatic rings. The van der Waals surface area contributed by atoms with Crippen molar-refractivity contribution in [3.63, 3.8) is 0 Å². The van der Waals surface area contributed by atoms with Crippen LogP contribution in [0.3, 0.4) is 0 Å². The third-order valence-electron chi connectivity index (χ3n) is 13.6. The van der Waals surface area contributed by atoms with Gasteiger partial charge in [0.05, 0.1) is 14.2 Å². The third-order valence-corrected chi connectivity index (χ3v) is 15.6. The first-order valence-electron chi connectivity index (χ1n) is 24.1. The molecule has 0 radical (unpaired) electrons. The quantitative estimate of drug-likeness (QED) is 0.156. The van der Waals surface area contributed by atoms with Crippen LogP contribution < -0.4 is 18.5 Å². The Morgan fingerprint density at radius 3 is 0.889 bits per heavy atom. The van der Waals surface area contributed by atoms with Crippen molar-refractivity contribution in [3.05, 3.63) is 181 Å². The first-order valence-corrected chi connectivity index (χ1v) is 26.2. The number of ether oxygens (including phenoxy) is 2. The summed E-state index contributed by atoms with van der Waals surface area (Å²) in [5.41, 5.74) is 4.81. The average Bonchev–Trinajstić information content (AvgIpc) is 3.66. The highest BCUT2D eigenvalue weighted by Crippen LogP contribution is 2.54. The number of fused-ring (bicyclic) bond motifs is 14. The molecule has 0 bridgehead atoms. The number of rotatable bonds is 7. The van der Waals surface area contributed by atoms with Gasteiger partial charge in [0.25, 0.3) is 0 Å². The highest BCUT2D eigenvalue weighted by molar-refractivity contribution is 7.32. The minimum Gasteiger partial charge on any atom is -0.497 e. The number of methoxy groups -OCH3 is 2. The fourth-order valence-electron chi connectivity index (χ4n) is 10.1. The molecular weight excluding hydrogens is 935 g/mol. The van der Waals surface area contributed by atoms with E-state index >= 15 is 0 Å². The van der Waals surface area contributed by atoms with Gasteiger partial charge in [0, 0.05) is 43.8 Å². The van der Waals surface area contributed by atoms with E-state index in [1.165, 1.54) is 0 Å². The second-order valence-electron chi connectivity index (χ2n) is 20.2. The van der Waals surface area contributed by atoms with Gasteiger partial charge in [-0.3, -0.25) is 0 Å². The Kier molecular flexibility index (Phi) is 11.0. The zero-order valence-electron chi connectivity index (χ0n) is 41.3. The number of hydrogen-bond donors (Lipinski definition) is 0. The van der Waals surface area contributed by atoms with Crippen LogP contribution in [0.15, 0.2) is 187 Å². The highest BCUT2D eigenvalue weighted by Gasteiger charge is 2.32. The normalized spacial score (nSPS) is 12.2. The lowest BCUT2D eigenvalue weighted by atomic mass is 9.81. The molecule has 0 unspecified atom stereocenters. The lowest BCUT2D eigenvalue weighted by molar-refractivity contribution is 0.409. The van der Waals surface area contributed by atoms with E-state index in [0.717, 1.165) is 75.8 Å². The Morgan fingerprint density at radius 1 is 0.347 bits per heavy atom. The van der Waals surface area contributed by atoms with Gasteiger partial charge in [-0.05, 0) is 102 Å². The van der Waals surface area contributed by atoms with Gasteiger partial charge in [-0.1, -0.05) is 163 Å². The maximum Gasteiger partial charge on any atom is 0.453 e. The van der Waals surface area contributed by atoms with E-state index in [2.05, 4.69) is 163 Å². The molecule has 12 rings (SSSR count). The van der Waals surface area contributed by atoms with Gasteiger partial charge in [0.1, 0.15) is 45.3 Å². The predicted octanol–water partition coefficient (Wildman–Crippen LogP) is 19.5. The molecule has 0 saturated heterocycles. The number of benzene rings is 10. The summed E-state index contributed by atoms with van der Waals surface area (Å²) in [7, 11) is -0.961. The lowest BCUT2D eigenvalue weighted by Crippen LogP contribution is -2.15. The second kappa shape index (κ2) is 17.5.